The Balaban J connectivity index is 1.42. The van der Waals surface area contributed by atoms with Crippen LogP contribution < -0.4 is 20.1 Å². The maximum absolute atomic E-state index is 5.40. The molecule has 7 heteroatoms. The van der Waals surface area contributed by atoms with Crippen molar-refractivity contribution in [3.63, 3.8) is 0 Å². The van der Waals surface area contributed by atoms with Gasteiger partial charge in [0.05, 0.1) is 19.9 Å². The first-order chi connectivity index (χ1) is 14.3. The van der Waals surface area contributed by atoms with E-state index in [1.165, 1.54) is 10.9 Å². The smallest absolute Gasteiger partial charge is 0.229 e. The molecule has 2 aromatic heterocycles. The number of rotatable bonds is 8. The standard InChI is InChI=1S/C22H23N5O2/c1-28-16-7-8-20(29-2)19(13-16)26-22-24-12-10-21(27-22)23-11-9-15-14-25-18-6-4-3-5-17(15)18/h3-8,10,12-14,25H,9,11H2,1-2H3,(H2,23,24,26,27). The Labute approximate surface area is 169 Å². The Morgan fingerprint density at radius 3 is 2.79 bits per heavy atom. The summed E-state index contributed by atoms with van der Waals surface area (Å²) in [5.74, 6) is 2.64. The topological polar surface area (TPSA) is 84.1 Å². The quantitative estimate of drug-likeness (QED) is 0.415. The average Bonchev–Trinajstić information content (AvgIpc) is 3.17. The number of methoxy groups -OCH3 is 2. The molecule has 0 bridgehead atoms. The molecule has 2 heterocycles. The van der Waals surface area contributed by atoms with Gasteiger partial charge < -0.3 is 25.1 Å². The SMILES string of the molecule is COc1ccc(OC)c(Nc2nccc(NCCc3c[nH]c4ccccc34)n2)c1. The first kappa shape index (κ1) is 18.6. The summed E-state index contributed by atoms with van der Waals surface area (Å²) in [5.41, 5.74) is 3.17. The number of para-hydroxylation sites is 1. The summed E-state index contributed by atoms with van der Waals surface area (Å²) in [6.07, 6.45) is 4.67. The summed E-state index contributed by atoms with van der Waals surface area (Å²) in [5, 5.41) is 7.81. The molecule has 0 aliphatic carbocycles. The fourth-order valence-electron chi connectivity index (χ4n) is 3.21. The van der Waals surface area contributed by atoms with Crippen molar-refractivity contribution in [2.45, 2.75) is 6.42 Å². The minimum Gasteiger partial charge on any atom is -0.497 e. The minimum absolute atomic E-state index is 0.480. The highest BCUT2D eigenvalue weighted by Gasteiger charge is 2.08. The second-order valence-corrected chi connectivity index (χ2v) is 6.49. The Bertz CT molecular complexity index is 1110. The number of aromatic amines is 1. The number of benzene rings is 2. The molecule has 0 amide bonds. The van der Waals surface area contributed by atoms with Gasteiger partial charge in [-0.2, -0.15) is 4.98 Å². The lowest BCUT2D eigenvalue weighted by atomic mass is 10.1. The zero-order valence-corrected chi connectivity index (χ0v) is 16.4. The number of fused-ring (bicyclic) bond motifs is 1. The molecule has 29 heavy (non-hydrogen) atoms. The van der Waals surface area contributed by atoms with Crippen molar-refractivity contribution in [2.24, 2.45) is 0 Å². The lowest BCUT2D eigenvalue weighted by molar-refractivity contribution is 0.405. The van der Waals surface area contributed by atoms with Crippen LogP contribution in [0.3, 0.4) is 0 Å². The zero-order chi connectivity index (χ0) is 20.1. The predicted octanol–water partition coefficient (Wildman–Crippen LogP) is 4.37. The Hall–Kier alpha value is -3.74. The third-order valence-electron chi connectivity index (χ3n) is 4.68. The third-order valence-corrected chi connectivity index (χ3v) is 4.68. The summed E-state index contributed by atoms with van der Waals surface area (Å²) in [6.45, 7) is 0.765. The maximum atomic E-state index is 5.40. The van der Waals surface area contributed by atoms with Gasteiger partial charge in [-0.3, -0.25) is 0 Å². The van der Waals surface area contributed by atoms with Crippen LogP contribution in [0.1, 0.15) is 5.56 Å². The molecule has 7 nitrogen and oxygen atoms in total. The van der Waals surface area contributed by atoms with E-state index >= 15 is 0 Å². The lowest BCUT2D eigenvalue weighted by Gasteiger charge is -2.12. The highest BCUT2D eigenvalue weighted by molar-refractivity contribution is 5.83. The number of H-pyrrole nitrogens is 1. The van der Waals surface area contributed by atoms with E-state index < -0.39 is 0 Å². The molecule has 0 saturated carbocycles. The highest BCUT2D eigenvalue weighted by Crippen LogP contribution is 2.30. The first-order valence-corrected chi connectivity index (χ1v) is 9.38. The maximum Gasteiger partial charge on any atom is 0.229 e. The van der Waals surface area contributed by atoms with Gasteiger partial charge in [0.25, 0.3) is 0 Å². The number of ether oxygens (including phenoxy) is 2. The van der Waals surface area contributed by atoms with Gasteiger partial charge in [0.15, 0.2) is 0 Å². The van der Waals surface area contributed by atoms with Gasteiger partial charge in [0.1, 0.15) is 17.3 Å². The van der Waals surface area contributed by atoms with E-state index in [0.29, 0.717) is 11.7 Å². The predicted molar refractivity (Wildman–Crippen MR) is 115 cm³/mol. The molecule has 4 aromatic rings. The highest BCUT2D eigenvalue weighted by atomic mass is 16.5. The van der Waals surface area contributed by atoms with Crippen LogP contribution in [0.25, 0.3) is 10.9 Å². The van der Waals surface area contributed by atoms with Crippen molar-refractivity contribution in [3.8, 4) is 11.5 Å². The molecule has 148 valence electrons. The second-order valence-electron chi connectivity index (χ2n) is 6.49. The van der Waals surface area contributed by atoms with E-state index in [4.69, 9.17) is 9.47 Å². The zero-order valence-electron chi connectivity index (χ0n) is 16.4. The van der Waals surface area contributed by atoms with Crippen LogP contribution >= 0.6 is 0 Å². The van der Waals surface area contributed by atoms with Gasteiger partial charge in [0, 0.05) is 35.9 Å². The van der Waals surface area contributed by atoms with Crippen molar-refractivity contribution in [1.82, 2.24) is 15.0 Å². The van der Waals surface area contributed by atoms with Crippen molar-refractivity contribution in [1.29, 1.82) is 0 Å². The van der Waals surface area contributed by atoms with Gasteiger partial charge in [0.2, 0.25) is 5.95 Å². The Kier molecular flexibility index (Phi) is 5.47. The van der Waals surface area contributed by atoms with E-state index in [1.54, 1.807) is 20.4 Å². The van der Waals surface area contributed by atoms with Crippen molar-refractivity contribution >= 4 is 28.4 Å². The summed E-state index contributed by atoms with van der Waals surface area (Å²) in [7, 11) is 3.25. The average molecular weight is 389 g/mol. The summed E-state index contributed by atoms with van der Waals surface area (Å²) >= 11 is 0. The van der Waals surface area contributed by atoms with E-state index in [1.807, 2.05) is 30.3 Å². The number of hydrogen-bond acceptors (Lipinski definition) is 6. The molecule has 0 unspecified atom stereocenters. The van der Waals surface area contributed by atoms with Gasteiger partial charge in [-0.25, -0.2) is 4.98 Å². The van der Waals surface area contributed by atoms with Crippen molar-refractivity contribution < 1.29 is 9.47 Å². The molecular weight excluding hydrogens is 366 g/mol. The Morgan fingerprint density at radius 1 is 1.03 bits per heavy atom. The molecule has 0 radical (unpaired) electrons. The Morgan fingerprint density at radius 2 is 1.93 bits per heavy atom. The largest absolute Gasteiger partial charge is 0.497 e. The van der Waals surface area contributed by atoms with Crippen LogP contribution in [0, 0.1) is 0 Å². The minimum atomic E-state index is 0.480. The van der Waals surface area contributed by atoms with Gasteiger partial charge in [-0.15, -0.1) is 0 Å². The molecule has 0 atom stereocenters. The third kappa shape index (κ3) is 4.24. The molecule has 0 aliphatic heterocycles. The van der Waals surface area contributed by atoms with Crippen molar-refractivity contribution in [2.75, 3.05) is 31.4 Å². The molecule has 0 aliphatic rings. The van der Waals surface area contributed by atoms with E-state index in [0.717, 1.165) is 35.7 Å². The van der Waals surface area contributed by atoms with Crippen molar-refractivity contribution in [3.05, 3.63) is 66.5 Å². The number of anilines is 3. The summed E-state index contributed by atoms with van der Waals surface area (Å²) in [4.78, 5) is 12.2. The number of aromatic nitrogens is 3. The van der Waals surface area contributed by atoms with E-state index in [2.05, 4.69) is 50.0 Å². The number of nitrogens with zero attached hydrogens (tertiary/aromatic N) is 2. The monoisotopic (exact) mass is 389 g/mol. The molecule has 0 spiro atoms. The van der Waals surface area contributed by atoms with E-state index in [-0.39, 0.29) is 0 Å². The fourth-order valence-corrected chi connectivity index (χ4v) is 3.21. The number of nitrogens with one attached hydrogen (secondary N) is 3. The van der Waals surface area contributed by atoms with Crippen LogP contribution in [0.4, 0.5) is 17.5 Å². The molecule has 4 rings (SSSR count). The fraction of sp³-hybridized carbons (Fsp3) is 0.182. The van der Waals surface area contributed by atoms with Crippen LogP contribution in [0.15, 0.2) is 60.9 Å². The molecule has 0 fully saturated rings. The van der Waals surface area contributed by atoms with Gasteiger partial charge >= 0.3 is 0 Å². The van der Waals surface area contributed by atoms with Crippen LogP contribution in [0.5, 0.6) is 11.5 Å². The molecule has 2 aromatic carbocycles. The number of hydrogen-bond donors (Lipinski definition) is 3. The molecule has 3 N–H and O–H groups in total. The van der Waals surface area contributed by atoms with Gasteiger partial charge in [-0.05, 0) is 36.2 Å². The normalized spacial score (nSPS) is 10.7. The summed E-state index contributed by atoms with van der Waals surface area (Å²) < 4.78 is 10.7. The molecule has 0 saturated heterocycles. The first-order valence-electron chi connectivity index (χ1n) is 9.38. The van der Waals surface area contributed by atoms with Gasteiger partial charge in [-0.1, -0.05) is 18.2 Å². The van der Waals surface area contributed by atoms with Crippen LogP contribution in [-0.2, 0) is 6.42 Å². The van der Waals surface area contributed by atoms with Crippen LogP contribution in [0.2, 0.25) is 0 Å². The lowest BCUT2D eigenvalue weighted by Crippen LogP contribution is -2.08. The molecular formula is C22H23N5O2. The van der Waals surface area contributed by atoms with E-state index in [9.17, 15) is 0 Å². The second kappa shape index (κ2) is 8.52. The summed E-state index contributed by atoms with van der Waals surface area (Å²) in [6, 6.07) is 15.7. The van der Waals surface area contributed by atoms with Crippen LogP contribution in [-0.4, -0.2) is 35.7 Å².